The standard InChI is InChI=1S/C17H29N3O3/c1-4-17(2,3)11-5-7-12(8-6-11)18-14(21)10-9-13-15(22)20-16(23)19-13/h11-13H,4-10H2,1-3H3,(H,18,21)(H2,19,20,22,23)/t11?,12?,13-/m1/s1. The Morgan fingerprint density at radius 1 is 1.22 bits per heavy atom. The third-order valence-electron chi connectivity index (χ3n) is 5.63. The zero-order valence-electron chi connectivity index (χ0n) is 14.4. The number of nitrogens with one attached hydrogen (secondary N) is 3. The van der Waals surface area contributed by atoms with Crippen molar-refractivity contribution < 1.29 is 14.4 Å². The molecule has 1 aliphatic carbocycles. The molecule has 4 amide bonds. The molecule has 1 heterocycles. The van der Waals surface area contributed by atoms with E-state index in [-0.39, 0.29) is 24.3 Å². The van der Waals surface area contributed by atoms with Crippen molar-refractivity contribution in [3.8, 4) is 0 Å². The van der Waals surface area contributed by atoms with Crippen molar-refractivity contribution in [2.75, 3.05) is 0 Å². The van der Waals surface area contributed by atoms with Crippen LogP contribution in [0.5, 0.6) is 0 Å². The van der Waals surface area contributed by atoms with Crippen LogP contribution >= 0.6 is 0 Å². The minimum atomic E-state index is -0.575. The van der Waals surface area contributed by atoms with Gasteiger partial charge in [0.25, 0.3) is 5.91 Å². The molecule has 0 spiro atoms. The molecule has 1 atom stereocenters. The van der Waals surface area contributed by atoms with E-state index in [9.17, 15) is 14.4 Å². The fraction of sp³-hybridized carbons (Fsp3) is 0.824. The van der Waals surface area contributed by atoms with Gasteiger partial charge in [0, 0.05) is 12.5 Å². The van der Waals surface area contributed by atoms with E-state index in [1.54, 1.807) is 0 Å². The van der Waals surface area contributed by atoms with Gasteiger partial charge in [-0.3, -0.25) is 14.9 Å². The average molecular weight is 323 g/mol. The topological polar surface area (TPSA) is 87.3 Å². The molecule has 3 N–H and O–H groups in total. The Bertz CT molecular complexity index is 468. The molecule has 6 heteroatoms. The molecule has 0 bridgehead atoms. The first kappa shape index (κ1) is 17.8. The van der Waals surface area contributed by atoms with E-state index in [4.69, 9.17) is 0 Å². The van der Waals surface area contributed by atoms with E-state index in [0.717, 1.165) is 31.6 Å². The fourth-order valence-corrected chi connectivity index (χ4v) is 3.55. The van der Waals surface area contributed by atoms with Gasteiger partial charge in [-0.25, -0.2) is 4.79 Å². The third kappa shape index (κ3) is 4.69. The highest BCUT2D eigenvalue weighted by Gasteiger charge is 2.33. The molecule has 23 heavy (non-hydrogen) atoms. The molecule has 1 aliphatic heterocycles. The van der Waals surface area contributed by atoms with E-state index >= 15 is 0 Å². The lowest BCUT2D eigenvalue weighted by atomic mass is 9.69. The monoisotopic (exact) mass is 323 g/mol. The van der Waals surface area contributed by atoms with Crippen LogP contribution in [0.1, 0.15) is 65.7 Å². The van der Waals surface area contributed by atoms with Gasteiger partial charge < -0.3 is 10.6 Å². The van der Waals surface area contributed by atoms with Crippen LogP contribution in [0.4, 0.5) is 4.79 Å². The largest absolute Gasteiger partial charge is 0.353 e. The predicted octanol–water partition coefficient (Wildman–Crippen LogP) is 2.09. The first-order valence-corrected chi connectivity index (χ1v) is 8.72. The summed E-state index contributed by atoms with van der Waals surface area (Å²) >= 11 is 0. The van der Waals surface area contributed by atoms with Crippen molar-refractivity contribution in [2.45, 2.75) is 77.8 Å². The quantitative estimate of drug-likeness (QED) is 0.654. The van der Waals surface area contributed by atoms with Crippen molar-refractivity contribution in [1.29, 1.82) is 0 Å². The minimum Gasteiger partial charge on any atom is -0.353 e. The minimum absolute atomic E-state index is 0.0304. The van der Waals surface area contributed by atoms with Crippen LogP contribution in [0.2, 0.25) is 0 Å². The highest BCUT2D eigenvalue weighted by molar-refractivity contribution is 6.04. The Hall–Kier alpha value is -1.59. The van der Waals surface area contributed by atoms with Crippen LogP contribution in [-0.2, 0) is 9.59 Å². The molecule has 6 nitrogen and oxygen atoms in total. The first-order chi connectivity index (χ1) is 10.8. The van der Waals surface area contributed by atoms with Crippen molar-refractivity contribution >= 4 is 17.8 Å². The summed E-state index contributed by atoms with van der Waals surface area (Å²) in [7, 11) is 0. The van der Waals surface area contributed by atoms with Gasteiger partial charge >= 0.3 is 6.03 Å². The highest BCUT2D eigenvalue weighted by Crippen LogP contribution is 2.40. The molecule has 2 aliphatic rings. The summed E-state index contributed by atoms with van der Waals surface area (Å²) in [5.41, 5.74) is 0.378. The maximum absolute atomic E-state index is 12.0. The van der Waals surface area contributed by atoms with Gasteiger partial charge in [0.05, 0.1) is 0 Å². The molecule has 130 valence electrons. The molecule has 0 unspecified atom stereocenters. The summed E-state index contributed by atoms with van der Waals surface area (Å²) in [4.78, 5) is 34.5. The number of imide groups is 1. The van der Waals surface area contributed by atoms with Crippen LogP contribution in [-0.4, -0.2) is 29.9 Å². The van der Waals surface area contributed by atoms with Gasteiger partial charge in [-0.15, -0.1) is 0 Å². The number of hydrogen-bond donors (Lipinski definition) is 3. The fourth-order valence-electron chi connectivity index (χ4n) is 3.55. The zero-order valence-corrected chi connectivity index (χ0v) is 14.4. The second kappa shape index (κ2) is 7.32. The van der Waals surface area contributed by atoms with Gasteiger partial charge in [0.15, 0.2) is 0 Å². The normalized spacial score (nSPS) is 28.2. The van der Waals surface area contributed by atoms with Crippen LogP contribution in [0.15, 0.2) is 0 Å². The first-order valence-electron chi connectivity index (χ1n) is 8.72. The Morgan fingerprint density at radius 3 is 2.39 bits per heavy atom. The van der Waals surface area contributed by atoms with Gasteiger partial charge in [0.1, 0.15) is 6.04 Å². The Balaban J connectivity index is 1.69. The van der Waals surface area contributed by atoms with E-state index in [1.165, 1.54) is 6.42 Å². The van der Waals surface area contributed by atoms with E-state index < -0.39 is 12.1 Å². The zero-order chi connectivity index (χ0) is 17.0. The van der Waals surface area contributed by atoms with Gasteiger partial charge in [-0.1, -0.05) is 27.2 Å². The van der Waals surface area contributed by atoms with Gasteiger partial charge in [0.2, 0.25) is 5.91 Å². The van der Waals surface area contributed by atoms with Crippen LogP contribution in [0, 0.1) is 11.3 Å². The summed E-state index contributed by atoms with van der Waals surface area (Å²) < 4.78 is 0. The molecular weight excluding hydrogens is 294 g/mol. The maximum atomic E-state index is 12.0. The van der Waals surface area contributed by atoms with Crippen LogP contribution in [0.25, 0.3) is 0 Å². The van der Waals surface area contributed by atoms with Gasteiger partial charge in [-0.2, -0.15) is 0 Å². The molecule has 0 aromatic heterocycles. The van der Waals surface area contributed by atoms with Gasteiger partial charge in [-0.05, 0) is 43.4 Å². The Kier molecular flexibility index (Phi) is 5.65. The number of urea groups is 1. The molecule has 0 radical (unpaired) electrons. The second-order valence-corrected chi connectivity index (χ2v) is 7.51. The van der Waals surface area contributed by atoms with Crippen molar-refractivity contribution in [3.63, 3.8) is 0 Å². The molecule has 1 saturated carbocycles. The van der Waals surface area contributed by atoms with E-state index in [0.29, 0.717) is 11.8 Å². The Morgan fingerprint density at radius 2 is 1.87 bits per heavy atom. The maximum Gasteiger partial charge on any atom is 0.322 e. The summed E-state index contributed by atoms with van der Waals surface area (Å²) in [5, 5.41) is 7.76. The van der Waals surface area contributed by atoms with Crippen LogP contribution in [0.3, 0.4) is 0 Å². The summed E-state index contributed by atoms with van der Waals surface area (Å²) in [5.74, 6) is 0.361. The lowest BCUT2D eigenvalue weighted by Gasteiger charge is -2.39. The molecular formula is C17H29N3O3. The van der Waals surface area contributed by atoms with Crippen molar-refractivity contribution in [2.24, 2.45) is 11.3 Å². The molecule has 0 aromatic rings. The number of carbonyl (C=O) groups is 3. The smallest absolute Gasteiger partial charge is 0.322 e. The summed E-state index contributed by atoms with van der Waals surface area (Å²) in [6.07, 6.45) is 6.17. The number of rotatable bonds is 6. The third-order valence-corrected chi connectivity index (χ3v) is 5.63. The van der Waals surface area contributed by atoms with Crippen LogP contribution < -0.4 is 16.0 Å². The van der Waals surface area contributed by atoms with E-state index in [2.05, 4.69) is 36.7 Å². The molecule has 1 saturated heterocycles. The molecule has 2 fully saturated rings. The lowest BCUT2D eigenvalue weighted by Crippen LogP contribution is -2.40. The van der Waals surface area contributed by atoms with E-state index in [1.807, 2.05) is 0 Å². The van der Waals surface area contributed by atoms with Crippen molar-refractivity contribution in [1.82, 2.24) is 16.0 Å². The summed E-state index contributed by atoms with van der Waals surface area (Å²) in [6.45, 7) is 6.90. The number of amides is 4. The predicted molar refractivity (Wildman–Crippen MR) is 87.7 cm³/mol. The van der Waals surface area contributed by atoms with Crippen molar-refractivity contribution in [3.05, 3.63) is 0 Å². The number of hydrogen-bond acceptors (Lipinski definition) is 3. The second-order valence-electron chi connectivity index (χ2n) is 7.51. The Labute approximate surface area is 138 Å². The average Bonchev–Trinajstić information content (AvgIpc) is 2.83. The molecule has 2 rings (SSSR count). The lowest BCUT2D eigenvalue weighted by molar-refractivity contribution is -0.123. The number of carbonyl (C=O) groups excluding carboxylic acids is 3. The SMILES string of the molecule is CCC(C)(C)C1CCC(NC(=O)CC[C@H]2NC(=O)NC2=O)CC1. The molecule has 0 aromatic carbocycles. The highest BCUT2D eigenvalue weighted by atomic mass is 16.2. The summed E-state index contributed by atoms with van der Waals surface area (Å²) in [6, 6.07) is -0.801.